The quantitative estimate of drug-likeness (QED) is 0.268. The molecule has 214 valence electrons. The predicted octanol–water partition coefficient (Wildman–Crippen LogP) is 4.27. The van der Waals surface area contributed by atoms with Crippen LogP contribution < -0.4 is 11.2 Å². The summed E-state index contributed by atoms with van der Waals surface area (Å²) in [6, 6.07) is 4.95. The highest BCUT2D eigenvalue weighted by Gasteiger charge is 2.30. The summed E-state index contributed by atoms with van der Waals surface area (Å²) >= 11 is 0. The molecule has 0 fully saturated rings. The van der Waals surface area contributed by atoms with Gasteiger partial charge in [-0.3, -0.25) is 28.0 Å². The smallest absolute Gasteiger partial charge is 0.416 e. The van der Waals surface area contributed by atoms with Crippen molar-refractivity contribution in [1.82, 2.24) is 28.5 Å². The number of nitrogens with zero attached hydrogens (tertiary/aromatic N) is 6. The van der Waals surface area contributed by atoms with Gasteiger partial charge in [-0.25, -0.2) is 9.78 Å². The monoisotopic (exact) mass is 560 g/mol. The second-order valence-corrected chi connectivity index (χ2v) is 9.89. The van der Waals surface area contributed by atoms with E-state index >= 15 is 0 Å². The van der Waals surface area contributed by atoms with Gasteiger partial charge in [0.15, 0.2) is 17.9 Å². The van der Waals surface area contributed by atoms with Crippen molar-refractivity contribution >= 4 is 17.1 Å². The maximum Gasteiger partial charge on any atom is 0.416 e. The molecule has 0 radical (unpaired) electrons. The molecule has 0 aliphatic carbocycles. The van der Waals surface area contributed by atoms with Crippen LogP contribution in [0, 0.1) is 5.92 Å². The number of alkyl halides is 3. The first-order chi connectivity index (χ1) is 18.9. The van der Waals surface area contributed by atoms with Gasteiger partial charge in [0, 0.05) is 25.7 Å². The summed E-state index contributed by atoms with van der Waals surface area (Å²) in [6.45, 7) is 7.55. The Kier molecular flexibility index (Phi) is 8.31. The molecule has 0 atom stereocenters. The van der Waals surface area contributed by atoms with Gasteiger partial charge in [0.1, 0.15) is 5.82 Å². The molecule has 1 aromatic carbocycles. The van der Waals surface area contributed by atoms with Gasteiger partial charge in [-0.05, 0) is 37.0 Å². The molecule has 0 unspecified atom stereocenters. The van der Waals surface area contributed by atoms with Gasteiger partial charge in [0.05, 0.1) is 23.9 Å². The van der Waals surface area contributed by atoms with E-state index in [0.717, 1.165) is 16.7 Å². The van der Waals surface area contributed by atoms with E-state index in [1.54, 1.807) is 19.2 Å². The number of aryl methyl sites for hydroxylation is 1. The zero-order chi connectivity index (χ0) is 29.2. The fraction of sp³-hybridized carbons (Fsp3) is 0.444. The lowest BCUT2D eigenvalue weighted by Gasteiger charge is -2.12. The first-order valence-corrected chi connectivity index (χ1v) is 13.0. The molecule has 13 heteroatoms. The Hall–Kier alpha value is -4.16. The van der Waals surface area contributed by atoms with Gasteiger partial charge >= 0.3 is 17.8 Å². The number of benzene rings is 1. The van der Waals surface area contributed by atoms with Crippen LogP contribution in [0.4, 0.5) is 13.2 Å². The number of hydrogen-bond acceptors (Lipinski definition) is 6. The zero-order valence-corrected chi connectivity index (χ0v) is 22.7. The Labute approximate surface area is 227 Å². The largest absolute Gasteiger partial charge is 0.444 e. The summed E-state index contributed by atoms with van der Waals surface area (Å²) in [5, 5.41) is 4.28. The minimum atomic E-state index is -4.47. The van der Waals surface area contributed by atoms with Crippen LogP contribution in [0.1, 0.15) is 51.7 Å². The number of aromatic nitrogens is 6. The maximum atomic E-state index is 13.5. The van der Waals surface area contributed by atoms with Crippen LogP contribution >= 0.6 is 0 Å². The number of carbonyl (C=O) groups excluding carboxylic acids is 1. The molecule has 0 aliphatic heterocycles. The van der Waals surface area contributed by atoms with Crippen LogP contribution in [0.15, 0.2) is 46.2 Å². The summed E-state index contributed by atoms with van der Waals surface area (Å²) in [6.07, 6.45) is -0.705. The average Bonchev–Trinajstić information content (AvgIpc) is 3.49. The van der Waals surface area contributed by atoms with E-state index in [-0.39, 0.29) is 55.7 Å². The fourth-order valence-electron chi connectivity index (χ4n) is 4.47. The van der Waals surface area contributed by atoms with Crippen molar-refractivity contribution in [2.24, 2.45) is 5.92 Å². The Morgan fingerprint density at radius 1 is 1.10 bits per heavy atom. The number of esters is 1. The molecule has 4 rings (SSSR count). The number of rotatable bonds is 10. The molecule has 0 spiro atoms. The lowest BCUT2D eigenvalue weighted by molar-refractivity contribution is -0.148. The van der Waals surface area contributed by atoms with E-state index in [9.17, 15) is 27.6 Å². The number of hydrogen-bond donors (Lipinski definition) is 0. The molecule has 0 bridgehead atoms. The molecule has 4 aromatic rings. The van der Waals surface area contributed by atoms with Gasteiger partial charge in [0.25, 0.3) is 5.56 Å². The highest BCUT2D eigenvalue weighted by molar-refractivity contribution is 5.77. The molecule has 40 heavy (non-hydrogen) atoms. The lowest BCUT2D eigenvalue weighted by Crippen LogP contribution is -2.40. The van der Waals surface area contributed by atoms with Crippen molar-refractivity contribution in [1.29, 1.82) is 0 Å². The third-order valence-electron chi connectivity index (χ3n) is 6.30. The summed E-state index contributed by atoms with van der Waals surface area (Å²) in [7, 11) is 0. The molecule has 0 N–H and O–H groups in total. The number of imidazole rings is 1. The van der Waals surface area contributed by atoms with Gasteiger partial charge in [-0.1, -0.05) is 32.9 Å². The van der Waals surface area contributed by atoms with Crippen LogP contribution in [0.25, 0.3) is 22.6 Å². The highest BCUT2D eigenvalue weighted by atomic mass is 19.4. The van der Waals surface area contributed by atoms with E-state index < -0.39 is 29.0 Å². The molecular formula is C27H31F3N6O4. The number of carbonyl (C=O) groups is 1. The van der Waals surface area contributed by atoms with Crippen molar-refractivity contribution in [3.8, 4) is 11.4 Å². The average molecular weight is 561 g/mol. The van der Waals surface area contributed by atoms with Gasteiger partial charge in [-0.2, -0.15) is 18.3 Å². The second-order valence-electron chi connectivity index (χ2n) is 9.89. The van der Waals surface area contributed by atoms with Crippen LogP contribution in [-0.2, 0) is 42.1 Å². The van der Waals surface area contributed by atoms with Crippen LogP contribution in [0.5, 0.6) is 0 Å². The Morgan fingerprint density at radius 2 is 1.85 bits per heavy atom. The standard InChI is InChI=1S/C27H31F3N6O4/c1-5-10-35-25(38)22-24(34(6-2)26(35)39)32-23(36(22)16-40-21(37)11-17(3)4)19-13-31-33(15-19)14-18-8-7-9-20(12-18)27(28,29)30/h7-9,12-13,15,17H,5-6,10-11,14,16H2,1-4H3. The van der Waals surface area contributed by atoms with E-state index in [0.29, 0.717) is 17.5 Å². The van der Waals surface area contributed by atoms with Crippen molar-refractivity contribution in [3.63, 3.8) is 0 Å². The molecule has 0 amide bonds. The Bertz CT molecular complexity index is 1640. The Balaban J connectivity index is 1.81. The summed E-state index contributed by atoms with van der Waals surface area (Å²) in [4.78, 5) is 43.5. The Morgan fingerprint density at radius 3 is 2.50 bits per heavy atom. The maximum absolute atomic E-state index is 13.5. The number of fused-ring (bicyclic) bond motifs is 1. The van der Waals surface area contributed by atoms with Crippen LogP contribution in [0.3, 0.4) is 0 Å². The van der Waals surface area contributed by atoms with E-state index in [1.807, 2.05) is 20.8 Å². The van der Waals surface area contributed by atoms with Gasteiger partial charge < -0.3 is 4.74 Å². The van der Waals surface area contributed by atoms with Crippen molar-refractivity contribution in [2.75, 3.05) is 0 Å². The fourth-order valence-corrected chi connectivity index (χ4v) is 4.47. The van der Waals surface area contributed by atoms with Gasteiger partial charge in [0.2, 0.25) is 0 Å². The number of halogens is 3. The molecule has 0 saturated heterocycles. The second kappa shape index (κ2) is 11.5. The van der Waals surface area contributed by atoms with Crippen molar-refractivity contribution in [3.05, 3.63) is 68.6 Å². The lowest BCUT2D eigenvalue weighted by atomic mass is 10.1. The van der Waals surface area contributed by atoms with Crippen molar-refractivity contribution in [2.45, 2.75) is 73.1 Å². The van der Waals surface area contributed by atoms with E-state index in [4.69, 9.17) is 4.74 Å². The highest BCUT2D eigenvalue weighted by Crippen LogP contribution is 2.30. The summed E-state index contributed by atoms with van der Waals surface area (Å²) in [5.74, 6) is -0.163. The molecule has 0 aliphatic rings. The third-order valence-corrected chi connectivity index (χ3v) is 6.30. The van der Waals surface area contributed by atoms with E-state index in [2.05, 4.69) is 10.1 Å². The summed E-state index contributed by atoms with van der Waals surface area (Å²) < 4.78 is 50.4. The van der Waals surface area contributed by atoms with E-state index in [1.165, 1.54) is 26.1 Å². The van der Waals surface area contributed by atoms with Crippen molar-refractivity contribution < 1.29 is 22.7 Å². The minimum Gasteiger partial charge on any atom is -0.444 e. The molecule has 10 nitrogen and oxygen atoms in total. The molecule has 0 saturated carbocycles. The predicted molar refractivity (Wildman–Crippen MR) is 142 cm³/mol. The molecular weight excluding hydrogens is 529 g/mol. The topological polar surface area (TPSA) is 106 Å². The SMILES string of the molecule is CCCn1c(=O)c2c(nc(-c3cnn(Cc4cccc(C(F)(F)F)c4)c3)n2COC(=O)CC(C)C)n(CC)c1=O. The van der Waals surface area contributed by atoms with Crippen LogP contribution in [-0.4, -0.2) is 34.4 Å². The first kappa shape index (κ1) is 28.8. The molecule has 3 heterocycles. The zero-order valence-electron chi connectivity index (χ0n) is 22.7. The third kappa shape index (κ3) is 5.87. The first-order valence-electron chi connectivity index (χ1n) is 13.0. The normalized spacial score (nSPS) is 12.0. The number of ether oxygens (including phenoxy) is 1. The van der Waals surface area contributed by atoms with Gasteiger partial charge in [-0.15, -0.1) is 0 Å². The van der Waals surface area contributed by atoms with Crippen LogP contribution in [0.2, 0.25) is 0 Å². The minimum absolute atomic E-state index is 0.0521. The summed E-state index contributed by atoms with van der Waals surface area (Å²) in [5.41, 5.74) is -0.735. The molecule has 3 aromatic heterocycles.